The monoisotopic (exact) mass is 226 g/mol. The van der Waals surface area contributed by atoms with E-state index in [1.807, 2.05) is 19.1 Å². The first-order chi connectivity index (χ1) is 7.18. The summed E-state index contributed by atoms with van der Waals surface area (Å²) in [6.45, 7) is 2.00. The third-order valence-electron chi connectivity index (χ3n) is 3.23. The van der Waals surface area contributed by atoms with Crippen molar-refractivity contribution in [3.8, 4) is 0 Å². The molecule has 0 bridgehead atoms. The minimum atomic E-state index is -0.0989. The zero-order valence-corrected chi connectivity index (χ0v) is 9.73. The van der Waals surface area contributed by atoms with Gasteiger partial charge in [0.05, 0.1) is 0 Å². The fourth-order valence-corrected chi connectivity index (χ4v) is 2.80. The molecule has 2 atom stereocenters. The third kappa shape index (κ3) is 2.34. The van der Waals surface area contributed by atoms with E-state index in [0.717, 1.165) is 24.0 Å². The van der Waals surface area contributed by atoms with E-state index in [4.69, 9.17) is 11.6 Å². The molecule has 1 fully saturated rings. The van der Waals surface area contributed by atoms with Crippen molar-refractivity contribution in [3.63, 3.8) is 0 Å². The fraction of sp³-hybridized carbons (Fsp3) is 0.538. The zero-order chi connectivity index (χ0) is 10.8. The van der Waals surface area contributed by atoms with Crippen molar-refractivity contribution < 1.29 is 4.39 Å². The lowest BCUT2D eigenvalue weighted by Crippen LogP contribution is -2.18. The first-order valence-corrected chi connectivity index (χ1v) is 6.02. The predicted molar refractivity (Wildman–Crippen MR) is 62.0 cm³/mol. The van der Waals surface area contributed by atoms with Gasteiger partial charge >= 0.3 is 0 Å². The van der Waals surface area contributed by atoms with Gasteiger partial charge in [-0.2, -0.15) is 0 Å². The van der Waals surface area contributed by atoms with E-state index in [1.54, 1.807) is 6.07 Å². The Labute approximate surface area is 95.4 Å². The standard InChI is InChI=1S/C13H16ClF/c1-9-6-7-13(15)11(8-9)10-4-2-3-5-12(10)14/h6-8,10,12H,2-5H2,1H3. The molecule has 2 unspecified atom stereocenters. The van der Waals surface area contributed by atoms with Crippen LogP contribution < -0.4 is 0 Å². The molecular formula is C13H16ClF. The molecule has 1 aromatic rings. The van der Waals surface area contributed by atoms with E-state index in [0.29, 0.717) is 0 Å². The molecule has 1 aliphatic rings. The highest BCUT2D eigenvalue weighted by Gasteiger charge is 2.26. The molecule has 2 heteroatoms. The number of benzene rings is 1. The van der Waals surface area contributed by atoms with E-state index >= 15 is 0 Å². The van der Waals surface area contributed by atoms with Crippen molar-refractivity contribution in [1.29, 1.82) is 0 Å². The second-order valence-electron chi connectivity index (χ2n) is 4.43. The van der Waals surface area contributed by atoms with Crippen LogP contribution in [0.5, 0.6) is 0 Å². The molecule has 2 rings (SSSR count). The van der Waals surface area contributed by atoms with Crippen molar-refractivity contribution >= 4 is 11.6 Å². The van der Waals surface area contributed by atoms with Crippen LogP contribution in [-0.4, -0.2) is 5.38 Å². The molecule has 1 aliphatic carbocycles. The van der Waals surface area contributed by atoms with Gasteiger partial charge in [-0.25, -0.2) is 4.39 Å². The number of alkyl halides is 1. The average Bonchev–Trinajstić information content (AvgIpc) is 2.23. The highest BCUT2D eigenvalue weighted by atomic mass is 35.5. The van der Waals surface area contributed by atoms with Gasteiger partial charge in [-0.3, -0.25) is 0 Å². The minimum Gasteiger partial charge on any atom is -0.207 e. The Bertz CT molecular complexity index is 348. The molecule has 0 radical (unpaired) electrons. The Morgan fingerprint density at radius 1 is 1.27 bits per heavy atom. The number of aryl methyl sites for hydroxylation is 1. The van der Waals surface area contributed by atoms with Crippen LogP contribution in [0, 0.1) is 12.7 Å². The number of hydrogen-bond donors (Lipinski definition) is 0. The van der Waals surface area contributed by atoms with E-state index in [9.17, 15) is 4.39 Å². The lowest BCUT2D eigenvalue weighted by molar-refractivity contribution is 0.436. The molecule has 0 amide bonds. The average molecular weight is 227 g/mol. The Kier molecular flexibility index (Phi) is 3.30. The molecule has 0 saturated heterocycles. The Morgan fingerprint density at radius 2 is 2.00 bits per heavy atom. The van der Waals surface area contributed by atoms with Crippen molar-refractivity contribution in [1.82, 2.24) is 0 Å². The van der Waals surface area contributed by atoms with Gasteiger partial charge in [-0.15, -0.1) is 11.6 Å². The Hall–Kier alpha value is -0.560. The van der Waals surface area contributed by atoms with Gasteiger partial charge in [0.1, 0.15) is 5.82 Å². The maximum Gasteiger partial charge on any atom is 0.126 e. The number of rotatable bonds is 1. The van der Waals surface area contributed by atoms with Gasteiger partial charge < -0.3 is 0 Å². The lowest BCUT2D eigenvalue weighted by Gasteiger charge is -2.27. The van der Waals surface area contributed by atoms with Crippen LogP contribution in [0.3, 0.4) is 0 Å². The van der Waals surface area contributed by atoms with Gasteiger partial charge in [0, 0.05) is 11.3 Å². The van der Waals surface area contributed by atoms with Crippen LogP contribution in [0.1, 0.15) is 42.7 Å². The highest BCUT2D eigenvalue weighted by Crippen LogP contribution is 2.37. The molecule has 15 heavy (non-hydrogen) atoms. The predicted octanol–water partition coefficient (Wildman–Crippen LogP) is 4.40. The summed E-state index contributed by atoms with van der Waals surface area (Å²) in [5.74, 6) is 0.110. The highest BCUT2D eigenvalue weighted by molar-refractivity contribution is 6.21. The van der Waals surface area contributed by atoms with Gasteiger partial charge in [0.2, 0.25) is 0 Å². The normalized spacial score (nSPS) is 26.6. The summed E-state index contributed by atoms with van der Waals surface area (Å²) >= 11 is 6.27. The van der Waals surface area contributed by atoms with Crippen LogP contribution in [0.4, 0.5) is 4.39 Å². The molecule has 82 valence electrons. The molecule has 0 spiro atoms. The summed E-state index contributed by atoms with van der Waals surface area (Å²) in [7, 11) is 0. The molecule has 0 nitrogen and oxygen atoms in total. The largest absolute Gasteiger partial charge is 0.207 e. The maximum absolute atomic E-state index is 13.7. The fourth-order valence-electron chi connectivity index (χ4n) is 2.38. The molecular weight excluding hydrogens is 211 g/mol. The first kappa shape index (κ1) is 10.9. The summed E-state index contributed by atoms with van der Waals surface area (Å²) in [5.41, 5.74) is 1.93. The van der Waals surface area contributed by atoms with Crippen LogP contribution >= 0.6 is 11.6 Å². The molecule has 0 N–H and O–H groups in total. The van der Waals surface area contributed by atoms with Crippen LogP contribution in [0.15, 0.2) is 18.2 Å². The third-order valence-corrected chi connectivity index (χ3v) is 3.75. The topological polar surface area (TPSA) is 0 Å². The van der Waals surface area contributed by atoms with E-state index in [1.165, 1.54) is 12.8 Å². The molecule has 0 aromatic heterocycles. The quantitative estimate of drug-likeness (QED) is 0.623. The zero-order valence-electron chi connectivity index (χ0n) is 8.97. The smallest absolute Gasteiger partial charge is 0.126 e. The Morgan fingerprint density at radius 3 is 2.73 bits per heavy atom. The molecule has 1 saturated carbocycles. The number of halogens is 2. The summed E-state index contributed by atoms with van der Waals surface area (Å²) in [6, 6.07) is 5.31. The molecule has 0 aliphatic heterocycles. The summed E-state index contributed by atoms with van der Waals surface area (Å²) in [6.07, 6.45) is 4.38. The van der Waals surface area contributed by atoms with E-state index in [2.05, 4.69) is 0 Å². The summed E-state index contributed by atoms with van der Waals surface area (Å²) in [5, 5.41) is 0.107. The lowest BCUT2D eigenvalue weighted by atomic mass is 9.83. The second-order valence-corrected chi connectivity index (χ2v) is 4.99. The second kappa shape index (κ2) is 4.52. The van der Waals surface area contributed by atoms with Crippen molar-refractivity contribution in [3.05, 3.63) is 35.1 Å². The van der Waals surface area contributed by atoms with Crippen LogP contribution in [0.2, 0.25) is 0 Å². The van der Waals surface area contributed by atoms with E-state index in [-0.39, 0.29) is 17.1 Å². The minimum absolute atomic E-state index is 0.0989. The van der Waals surface area contributed by atoms with Crippen molar-refractivity contribution in [2.75, 3.05) is 0 Å². The van der Waals surface area contributed by atoms with Gasteiger partial charge in [0.15, 0.2) is 0 Å². The van der Waals surface area contributed by atoms with Crippen LogP contribution in [-0.2, 0) is 0 Å². The molecule has 0 heterocycles. The summed E-state index contributed by atoms with van der Waals surface area (Å²) in [4.78, 5) is 0. The Balaban J connectivity index is 2.30. The summed E-state index contributed by atoms with van der Waals surface area (Å²) < 4.78 is 13.7. The van der Waals surface area contributed by atoms with Gasteiger partial charge in [-0.05, 0) is 31.4 Å². The number of hydrogen-bond acceptors (Lipinski definition) is 0. The first-order valence-electron chi connectivity index (χ1n) is 5.58. The van der Waals surface area contributed by atoms with Gasteiger partial charge in [-0.1, -0.05) is 30.5 Å². The van der Waals surface area contributed by atoms with E-state index < -0.39 is 0 Å². The SMILES string of the molecule is Cc1ccc(F)c(C2CCCCC2Cl)c1. The van der Waals surface area contributed by atoms with Gasteiger partial charge in [0.25, 0.3) is 0 Å². The van der Waals surface area contributed by atoms with Crippen molar-refractivity contribution in [2.24, 2.45) is 0 Å². The maximum atomic E-state index is 13.7. The molecule has 1 aromatic carbocycles. The van der Waals surface area contributed by atoms with Crippen LogP contribution in [0.25, 0.3) is 0 Å². The van der Waals surface area contributed by atoms with Crippen molar-refractivity contribution in [2.45, 2.75) is 43.9 Å².